The predicted octanol–water partition coefficient (Wildman–Crippen LogP) is 4.86. The number of amides is 2. The van der Waals surface area contributed by atoms with Crippen LogP contribution in [-0.4, -0.2) is 43.4 Å². The Bertz CT molecular complexity index is 997. The van der Waals surface area contributed by atoms with Crippen LogP contribution in [0, 0.1) is 5.82 Å². The molecule has 30 heavy (non-hydrogen) atoms. The van der Waals surface area contributed by atoms with E-state index in [4.69, 9.17) is 14.2 Å². The molecule has 1 aliphatic heterocycles. The molecule has 9 heteroatoms. The Kier molecular flexibility index (Phi) is 7.52. The van der Waals surface area contributed by atoms with Crippen LogP contribution < -0.4 is 9.47 Å². The molecule has 1 aliphatic rings. The van der Waals surface area contributed by atoms with Gasteiger partial charge in [-0.2, -0.15) is 0 Å². The van der Waals surface area contributed by atoms with Gasteiger partial charge in [-0.3, -0.25) is 14.5 Å². The first-order valence-corrected chi connectivity index (χ1v) is 10.5. The number of carbonyl (C=O) groups excluding carboxylic acids is 2. The summed E-state index contributed by atoms with van der Waals surface area (Å²) < 4.78 is 30.1. The minimum atomic E-state index is -0.362. The molecule has 0 atom stereocenters. The number of ether oxygens (including phenoxy) is 3. The van der Waals surface area contributed by atoms with E-state index in [0.717, 1.165) is 16.7 Å². The minimum absolute atomic E-state index is 0.165. The van der Waals surface area contributed by atoms with Gasteiger partial charge in [0.15, 0.2) is 11.5 Å². The molecule has 6 nitrogen and oxygen atoms in total. The highest BCUT2D eigenvalue weighted by Crippen LogP contribution is 2.38. The zero-order valence-electron chi connectivity index (χ0n) is 16.3. The highest BCUT2D eigenvalue weighted by Gasteiger charge is 2.34. The van der Waals surface area contributed by atoms with E-state index in [9.17, 15) is 14.0 Å². The second kappa shape index (κ2) is 10.1. The monoisotopic (exact) mass is 495 g/mol. The number of imide groups is 1. The van der Waals surface area contributed by atoms with Crippen LogP contribution >= 0.6 is 27.7 Å². The summed E-state index contributed by atoms with van der Waals surface area (Å²) in [4.78, 5) is 26.1. The van der Waals surface area contributed by atoms with Crippen LogP contribution in [0.15, 0.2) is 45.8 Å². The molecule has 2 aromatic rings. The van der Waals surface area contributed by atoms with Crippen molar-refractivity contribution >= 4 is 44.9 Å². The number of hydrogen-bond acceptors (Lipinski definition) is 6. The summed E-state index contributed by atoms with van der Waals surface area (Å²) in [6, 6.07) is 9.55. The molecule has 158 valence electrons. The molecule has 0 spiro atoms. The van der Waals surface area contributed by atoms with Gasteiger partial charge < -0.3 is 14.2 Å². The lowest BCUT2D eigenvalue weighted by Crippen LogP contribution is -2.31. The summed E-state index contributed by atoms with van der Waals surface area (Å²) >= 11 is 4.35. The maximum Gasteiger partial charge on any atom is 0.293 e. The molecule has 0 aromatic heterocycles. The van der Waals surface area contributed by atoms with Gasteiger partial charge in [-0.05, 0) is 53.2 Å². The van der Waals surface area contributed by atoms with Crippen LogP contribution in [0.2, 0.25) is 0 Å². The number of benzene rings is 2. The highest BCUT2D eigenvalue weighted by molar-refractivity contribution is 9.10. The van der Waals surface area contributed by atoms with E-state index in [-0.39, 0.29) is 36.7 Å². The van der Waals surface area contributed by atoms with Crippen molar-refractivity contribution in [1.82, 2.24) is 4.90 Å². The Morgan fingerprint density at radius 1 is 1.17 bits per heavy atom. The van der Waals surface area contributed by atoms with Crippen LogP contribution in [-0.2, 0) is 16.1 Å². The molecule has 0 saturated carbocycles. The number of hydrogen-bond donors (Lipinski definition) is 0. The summed E-state index contributed by atoms with van der Waals surface area (Å²) in [7, 11) is 3.01. The molecule has 0 aliphatic carbocycles. The fraction of sp³-hybridized carbons (Fsp3) is 0.238. The fourth-order valence-corrected chi connectivity index (χ4v) is 4.03. The maximum absolute atomic E-state index is 13.3. The van der Waals surface area contributed by atoms with Gasteiger partial charge in [0.05, 0.1) is 25.2 Å². The average molecular weight is 496 g/mol. The summed E-state index contributed by atoms with van der Waals surface area (Å²) in [5.74, 6) is 0.205. The second-order valence-electron chi connectivity index (χ2n) is 6.27. The third kappa shape index (κ3) is 5.21. The van der Waals surface area contributed by atoms with Crippen molar-refractivity contribution < 1.29 is 28.2 Å². The number of rotatable bonds is 8. The zero-order chi connectivity index (χ0) is 21.7. The quantitative estimate of drug-likeness (QED) is 0.487. The van der Waals surface area contributed by atoms with Crippen molar-refractivity contribution in [2.75, 3.05) is 27.4 Å². The van der Waals surface area contributed by atoms with Crippen LogP contribution in [0.4, 0.5) is 9.18 Å². The van der Waals surface area contributed by atoms with Gasteiger partial charge in [-0.1, -0.05) is 28.1 Å². The van der Waals surface area contributed by atoms with Crippen LogP contribution in [0.3, 0.4) is 0 Å². The average Bonchev–Trinajstić information content (AvgIpc) is 2.99. The van der Waals surface area contributed by atoms with Crippen molar-refractivity contribution in [3.8, 4) is 11.5 Å². The van der Waals surface area contributed by atoms with Crippen LogP contribution in [0.1, 0.15) is 11.1 Å². The molecule has 1 saturated heterocycles. The van der Waals surface area contributed by atoms with Gasteiger partial charge in [0.1, 0.15) is 12.4 Å². The first kappa shape index (κ1) is 22.3. The first-order valence-electron chi connectivity index (χ1n) is 8.92. The van der Waals surface area contributed by atoms with Crippen LogP contribution in [0.25, 0.3) is 6.08 Å². The number of methoxy groups -OCH3 is 2. The van der Waals surface area contributed by atoms with E-state index in [1.165, 1.54) is 26.4 Å². The molecule has 1 heterocycles. The molecule has 0 N–H and O–H groups in total. The summed E-state index contributed by atoms with van der Waals surface area (Å²) in [6.07, 6.45) is 1.63. The second-order valence-corrected chi connectivity index (χ2v) is 8.12. The van der Waals surface area contributed by atoms with Crippen molar-refractivity contribution in [2.24, 2.45) is 0 Å². The summed E-state index contributed by atoms with van der Waals surface area (Å²) in [5, 5.41) is -0.332. The minimum Gasteiger partial charge on any atom is -0.493 e. The Balaban J connectivity index is 1.81. The predicted molar refractivity (Wildman–Crippen MR) is 116 cm³/mol. The normalized spacial score (nSPS) is 15.2. The topological polar surface area (TPSA) is 65.1 Å². The van der Waals surface area contributed by atoms with Gasteiger partial charge >= 0.3 is 0 Å². The third-order valence-corrected chi connectivity index (χ3v) is 5.84. The van der Waals surface area contributed by atoms with E-state index < -0.39 is 0 Å². The Morgan fingerprint density at radius 3 is 2.67 bits per heavy atom. The lowest BCUT2D eigenvalue weighted by atomic mass is 10.1. The Labute approximate surface area is 186 Å². The molecule has 0 bridgehead atoms. The van der Waals surface area contributed by atoms with Crippen molar-refractivity contribution in [2.45, 2.75) is 6.61 Å². The third-order valence-electron chi connectivity index (χ3n) is 4.25. The standard InChI is InChI=1S/C21H19BrFNO5S/c1-27-7-6-24-20(25)19(30-21(24)26)10-14-9-17(28-2)18(11-16(14)22)29-12-13-4-3-5-15(23)8-13/h3-5,8-11H,6-7,12H2,1-2H3/b19-10+. The maximum atomic E-state index is 13.3. The Hall–Kier alpha value is -2.36. The van der Waals surface area contributed by atoms with E-state index in [1.807, 2.05) is 0 Å². The van der Waals surface area contributed by atoms with Gasteiger partial charge in [0, 0.05) is 11.6 Å². The van der Waals surface area contributed by atoms with Crippen LogP contribution in [0.5, 0.6) is 11.5 Å². The lowest BCUT2D eigenvalue weighted by molar-refractivity contribution is -0.123. The van der Waals surface area contributed by atoms with E-state index >= 15 is 0 Å². The van der Waals surface area contributed by atoms with E-state index in [1.54, 1.807) is 30.3 Å². The van der Waals surface area contributed by atoms with Gasteiger partial charge in [0.2, 0.25) is 0 Å². The highest BCUT2D eigenvalue weighted by atomic mass is 79.9. The number of thioether (sulfide) groups is 1. The fourth-order valence-electron chi connectivity index (χ4n) is 2.74. The lowest BCUT2D eigenvalue weighted by Gasteiger charge is -2.13. The molecule has 0 unspecified atom stereocenters. The molecular weight excluding hydrogens is 477 g/mol. The molecule has 2 aromatic carbocycles. The first-order chi connectivity index (χ1) is 14.4. The summed E-state index contributed by atoms with van der Waals surface area (Å²) in [6.45, 7) is 0.647. The summed E-state index contributed by atoms with van der Waals surface area (Å²) in [5.41, 5.74) is 1.34. The number of halogens is 2. The number of nitrogens with zero attached hydrogens (tertiary/aromatic N) is 1. The van der Waals surface area contributed by atoms with E-state index in [2.05, 4.69) is 15.9 Å². The van der Waals surface area contributed by atoms with E-state index in [0.29, 0.717) is 32.0 Å². The smallest absolute Gasteiger partial charge is 0.293 e. The van der Waals surface area contributed by atoms with Crippen molar-refractivity contribution in [3.63, 3.8) is 0 Å². The number of carbonyl (C=O) groups is 2. The molecule has 1 fully saturated rings. The SMILES string of the molecule is COCCN1C(=O)S/C(=C/c2cc(OC)c(OCc3cccc(F)c3)cc2Br)C1=O. The van der Waals surface area contributed by atoms with Gasteiger partial charge in [0.25, 0.3) is 11.1 Å². The molecule has 2 amide bonds. The molecular formula is C21H19BrFNO5S. The van der Waals surface area contributed by atoms with Gasteiger partial charge in [-0.25, -0.2) is 4.39 Å². The van der Waals surface area contributed by atoms with Crippen molar-refractivity contribution in [3.05, 3.63) is 62.7 Å². The van der Waals surface area contributed by atoms with Crippen molar-refractivity contribution in [1.29, 1.82) is 0 Å². The van der Waals surface area contributed by atoms with Gasteiger partial charge in [-0.15, -0.1) is 0 Å². The molecule has 0 radical (unpaired) electrons. The Morgan fingerprint density at radius 2 is 1.97 bits per heavy atom. The molecule has 3 rings (SSSR count). The largest absolute Gasteiger partial charge is 0.493 e. The zero-order valence-corrected chi connectivity index (χ0v) is 18.7.